The first kappa shape index (κ1) is 12.4. The Morgan fingerprint density at radius 2 is 1.75 bits per heavy atom. The van der Waals surface area contributed by atoms with E-state index in [1.54, 1.807) is 0 Å². The number of aromatic hydroxyl groups is 2. The van der Waals surface area contributed by atoms with Gasteiger partial charge < -0.3 is 14.9 Å². The first-order valence-corrected chi connectivity index (χ1v) is 4.97. The van der Waals surface area contributed by atoms with Gasteiger partial charge in [0.1, 0.15) is 5.60 Å². The molecule has 2 N–H and O–H groups in total. The molecule has 0 spiro atoms. The monoisotopic (exact) mass is 224 g/mol. The van der Waals surface area contributed by atoms with Crippen LogP contribution in [0.25, 0.3) is 0 Å². The van der Waals surface area contributed by atoms with E-state index >= 15 is 0 Å². The number of phenols is 2. The predicted molar refractivity (Wildman–Crippen MR) is 60.2 cm³/mol. The van der Waals surface area contributed by atoms with Crippen molar-refractivity contribution in [1.82, 2.24) is 0 Å². The highest BCUT2D eigenvalue weighted by molar-refractivity contribution is 5.97. The minimum atomic E-state index is -0.484. The summed E-state index contributed by atoms with van der Waals surface area (Å²) in [5.74, 6) is -0.984. The van der Waals surface area contributed by atoms with Gasteiger partial charge in [0.25, 0.3) is 0 Å². The van der Waals surface area contributed by atoms with E-state index in [0.717, 1.165) is 0 Å². The molecule has 4 nitrogen and oxygen atoms in total. The maximum absolute atomic E-state index is 11.1. The molecule has 0 fully saturated rings. The molecule has 1 aromatic carbocycles. The highest BCUT2D eigenvalue weighted by Gasteiger charge is 2.19. The summed E-state index contributed by atoms with van der Waals surface area (Å²) in [6, 6.07) is 2.90. The zero-order chi connectivity index (χ0) is 12.5. The largest absolute Gasteiger partial charge is 0.504 e. The quantitative estimate of drug-likeness (QED) is 0.598. The van der Waals surface area contributed by atoms with Crippen molar-refractivity contribution in [3.63, 3.8) is 0 Å². The molecule has 16 heavy (non-hydrogen) atoms. The zero-order valence-electron chi connectivity index (χ0n) is 9.87. The summed E-state index contributed by atoms with van der Waals surface area (Å²) in [6.07, 6.45) is 0. The van der Waals surface area contributed by atoms with E-state index in [1.807, 2.05) is 20.8 Å². The van der Waals surface area contributed by atoms with Crippen molar-refractivity contribution in [2.45, 2.75) is 33.3 Å². The molecule has 0 aliphatic rings. The summed E-state index contributed by atoms with van der Waals surface area (Å²) in [7, 11) is 0. The summed E-state index contributed by atoms with van der Waals surface area (Å²) in [5.41, 5.74) is -0.402. The Bertz CT molecular complexity index is 416. The predicted octanol–water partition coefficient (Wildman–Crippen LogP) is 2.48. The second-order valence-electron chi connectivity index (χ2n) is 4.58. The fraction of sp³-hybridized carbons (Fsp3) is 0.417. The summed E-state index contributed by atoms with van der Waals surface area (Å²) >= 11 is 0. The van der Waals surface area contributed by atoms with Crippen LogP contribution in [-0.4, -0.2) is 21.6 Å². The van der Waals surface area contributed by atoms with Crippen molar-refractivity contribution in [2.75, 3.05) is 0 Å². The van der Waals surface area contributed by atoms with E-state index in [4.69, 9.17) is 4.74 Å². The van der Waals surface area contributed by atoms with Gasteiger partial charge in [0, 0.05) is 0 Å². The van der Waals surface area contributed by atoms with Crippen molar-refractivity contribution < 1.29 is 19.7 Å². The molecule has 0 saturated heterocycles. The number of hydrogen-bond acceptors (Lipinski definition) is 4. The Balaban J connectivity index is 3.17. The van der Waals surface area contributed by atoms with Crippen molar-refractivity contribution in [1.29, 1.82) is 0 Å². The molecule has 0 aromatic heterocycles. The van der Waals surface area contributed by atoms with Crippen LogP contribution in [0.15, 0.2) is 12.1 Å². The summed E-state index contributed by atoms with van der Waals surface area (Å²) in [4.78, 5) is 11.1. The van der Waals surface area contributed by atoms with Crippen LogP contribution in [0.4, 0.5) is 0 Å². The molecular weight excluding hydrogens is 208 g/mol. The highest BCUT2D eigenvalue weighted by atomic mass is 16.5. The lowest BCUT2D eigenvalue weighted by atomic mass is 10.1. The number of ketones is 1. The molecule has 4 heteroatoms. The average molecular weight is 224 g/mol. The lowest BCUT2D eigenvalue weighted by Crippen LogP contribution is -2.23. The number of carbonyl (C=O) groups is 1. The molecule has 88 valence electrons. The highest BCUT2D eigenvalue weighted by Crippen LogP contribution is 2.39. The molecule has 0 aliphatic heterocycles. The Kier molecular flexibility index (Phi) is 3.12. The van der Waals surface area contributed by atoms with E-state index in [2.05, 4.69) is 0 Å². The minimum Gasteiger partial charge on any atom is -0.504 e. The van der Waals surface area contributed by atoms with E-state index in [1.165, 1.54) is 19.1 Å². The molecule has 0 bridgehead atoms. The smallest absolute Gasteiger partial charge is 0.201 e. The van der Waals surface area contributed by atoms with E-state index < -0.39 is 17.1 Å². The number of hydrogen-bond donors (Lipinski definition) is 2. The van der Waals surface area contributed by atoms with Gasteiger partial charge in [0.2, 0.25) is 5.75 Å². The normalized spacial score (nSPS) is 11.2. The third-order valence-corrected chi connectivity index (χ3v) is 1.91. The standard InChI is InChI=1S/C12H16O4/c1-7(13)8-5-6-9(11(15)10(8)14)16-12(2,3)4/h5-6,14-15H,1-4H3. The van der Waals surface area contributed by atoms with Crippen molar-refractivity contribution >= 4 is 5.78 Å². The van der Waals surface area contributed by atoms with Crippen LogP contribution in [0.3, 0.4) is 0 Å². The van der Waals surface area contributed by atoms with E-state index in [0.29, 0.717) is 0 Å². The van der Waals surface area contributed by atoms with Crippen molar-refractivity contribution in [3.8, 4) is 17.2 Å². The molecule has 0 unspecified atom stereocenters. The average Bonchev–Trinajstić information content (AvgIpc) is 2.10. The van der Waals surface area contributed by atoms with Crippen LogP contribution in [0.2, 0.25) is 0 Å². The van der Waals surface area contributed by atoms with E-state index in [-0.39, 0.29) is 17.1 Å². The van der Waals surface area contributed by atoms with Gasteiger partial charge in [-0.1, -0.05) is 0 Å². The van der Waals surface area contributed by atoms with Gasteiger partial charge in [-0.2, -0.15) is 0 Å². The van der Waals surface area contributed by atoms with Crippen LogP contribution >= 0.6 is 0 Å². The van der Waals surface area contributed by atoms with Gasteiger partial charge in [-0.25, -0.2) is 0 Å². The van der Waals surface area contributed by atoms with Gasteiger partial charge in [-0.15, -0.1) is 0 Å². The fourth-order valence-corrected chi connectivity index (χ4v) is 1.26. The van der Waals surface area contributed by atoms with Crippen molar-refractivity contribution in [2.24, 2.45) is 0 Å². The number of phenolic OH excluding ortho intramolecular Hbond substituents is 2. The second-order valence-corrected chi connectivity index (χ2v) is 4.58. The number of benzene rings is 1. The SMILES string of the molecule is CC(=O)c1ccc(OC(C)(C)C)c(O)c1O. The Labute approximate surface area is 94.5 Å². The number of Topliss-reactive ketones (excluding diaryl/α,β-unsaturated/α-hetero) is 1. The molecule has 0 saturated carbocycles. The maximum atomic E-state index is 11.1. The van der Waals surface area contributed by atoms with Crippen molar-refractivity contribution in [3.05, 3.63) is 17.7 Å². The lowest BCUT2D eigenvalue weighted by molar-refractivity contribution is 0.101. The fourth-order valence-electron chi connectivity index (χ4n) is 1.26. The summed E-state index contributed by atoms with van der Waals surface area (Å²) in [5, 5.41) is 19.3. The molecule has 0 aliphatic carbocycles. The molecule has 0 heterocycles. The Morgan fingerprint density at radius 3 is 2.19 bits per heavy atom. The van der Waals surface area contributed by atoms with E-state index in [9.17, 15) is 15.0 Å². The Morgan fingerprint density at radius 1 is 1.19 bits per heavy atom. The van der Waals surface area contributed by atoms with Crippen LogP contribution in [-0.2, 0) is 0 Å². The lowest BCUT2D eigenvalue weighted by Gasteiger charge is -2.22. The molecule has 1 aromatic rings. The van der Waals surface area contributed by atoms with Gasteiger partial charge in [-0.3, -0.25) is 4.79 Å². The zero-order valence-corrected chi connectivity index (χ0v) is 9.87. The van der Waals surface area contributed by atoms with Gasteiger partial charge in [0.05, 0.1) is 5.56 Å². The van der Waals surface area contributed by atoms with Crippen LogP contribution in [0, 0.1) is 0 Å². The van der Waals surface area contributed by atoms with Gasteiger partial charge in [0.15, 0.2) is 17.3 Å². The minimum absolute atomic E-state index is 0.0822. The molecule has 0 amide bonds. The van der Waals surface area contributed by atoms with Crippen LogP contribution < -0.4 is 4.74 Å². The number of carbonyl (C=O) groups excluding carboxylic acids is 1. The molecule has 1 rings (SSSR count). The van der Waals surface area contributed by atoms with Gasteiger partial charge >= 0.3 is 0 Å². The third kappa shape index (κ3) is 2.66. The van der Waals surface area contributed by atoms with Crippen LogP contribution in [0.1, 0.15) is 38.1 Å². The summed E-state index contributed by atoms with van der Waals surface area (Å²) < 4.78 is 5.43. The number of rotatable bonds is 2. The number of ether oxygens (including phenoxy) is 1. The van der Waals surface area contributed by atoms with Crippen LogP contribution in [0.5, 0.6) is 17.2 Å². The first-order valence-electron chi connectivity index (χ1n) is 4.97. The third-order valence-electron chi connectivity index (χ3n) is 1.91. The Hall–Kier alpha value is -1.71. The summed E-state index contributed by atoms with van der Waals surface area (Å²) in [6.45, 7) is 6.78. The second kappa shape index (κ2) is 4.04. The molecule has 0 radical (unpaired) electrons. The first-order chi connectivity index (χ1) is 7.22. The molecule has 0 atom stereocenters. The topological polar surface area (TPSA) is 66.8 Å². The molecular formula is C12H16O4. The maximum Gasteiger partial charge on any atom is 0.201 e. The van der Waals surface area contributed by atoms with Gasteiger partial charge in [-0.05, 0) is 39.8 Å².